The molecule has 1 aromatic heterocycles. The summed E-state index contributed by atoms with van der Waals surface area (Å²) in [6.07, 6.45) is 0.879. The minimum atomic E-state index is -0.264. The number of para-hydroxylation sites is 1. The van der Waals surface area contributed by atoms with E-state index in [0.29, 0.717) is 6.54 Å². The van der Waals surface area contributed by atoms with Gasteiger partial charge in [-0.25, -0.2) is 4.39 Å². The van der Waals surface area contributed by atoms with Crippen molar-refractivity contribution in [2.75, 3.05) is 6.54 Å². The van der Waals surface area contributed by atoms with Crippen molar-refractivity contribution >= 4 is 16.8 Å². The second-order valence-electron chi connectivity index (χ2n) is 7.45. The number of rotatable bonds is 4. The van der Waals surface area contributed by atoms with E-state index in [-0.39, 0.29) is 17.8 Å². The molecule has 4 aromatic rings. The molecule has 0 spiro atoms. The molecule has 1 N–H and O–H groups in total. The predicted molar refractivity (Wildman–Crippen MR) is 113 cm³/mol. The number of carbonyl (C=O) groups is 1. The first-order valence-electron chi connectivity index (χ1n) is 9.95. The van der Waals surface area contributed by atoms with Crippen LogP contribution in [0.15, 0.2) is 72.8 Å². The number of hydrogen-bond donors (Lipinski definition) is 1. The highest BCUT2D eigenvalue weighted by Crippen LogP contribution is 2.45. The number of amides is 1. The van der Waals surface area contributed by atoms with Gasteiger partial charge in [-0.3, -0.25) is 4.79 Å². The average Bonchev–Trinajstić information content (AvgIpc) is 3.25. The van der Waals surface area contributed by atoms with Gasteiger partial charge in [-0.05, 0) is 53.9 Å². The van der Waals surface area contributed by atoms with Crippen LogP contribution in [0.5, 0.6) is 0 Å². The van der Waals surface area contributed by atoms with Crippen LogP contribution in [0.25, 0.3) is 22.2 Å². The third kappa shape index (κ3) is 2.75. The maximum Gasteiger partial charge on any atom is 0.255 e. The summed E-state index contributed by atoms with van der Waals surface area (Å²) in [5, 5.41) is 1.09. The molecule has 3 nitrogen and oxygen atoms in total. The fourth-order valence-electron chi connectivity index (χ4n) is 4.44. The van der Waals surface area contributed by atoms with E-state index in [4.69, 9.17) is 0 Å². The number of halogens is 1. The van der Waals surface area contributed by atoms with Gasteiger partial charge in [0.05, 0.1) is 11.7 Å². The minimum Gasteiger partial charge on any atom is -0.354 e. The third-order valence-corrected chi connectivity index (χ3v) is 5.68. The Morgan fingerprint density at radius 1 is 0.966 bits per heavy atom. The summed E-state index contributed by atoms with van der Waals surface area (Å²) < 4.78 is 13.6. The molecule has 0 aliphatic carbocycles. The second kappa shape index (κ2) is 6.89. The van der Waals surface area contributed by atoms with Crippen molar-refractivity contribution in [2.24, 2.45) is 0 Å². The second-order valence-corrected chi connectivity index (χ2v) is 7.45. The van der Waals surface area contributed by atoms with Crippen LogP contribution in [0.3, 0.4) is 0 Å². The molecule has 5 rings (SSSR count). The molecule has 3 aromatic carbocycles. The van der Waals surface area contributed by atoms with Gasteiger partial charge in [0.2, 0.25) is 0 Å². The van der Waals surface area contributed by atoms with Crippen molar-refractivity contribution in [3.8, 4) is 11.3 Å². The summed E-state index contributed by atoms with van der Waals surface area (Å²) in [5.74, 6) is -0.191. The van der Waals surface area contributed by atoms with E-state index in [1.54, 1.807) is 12.1 Å². The SMILES string of the molecule is CCCN1C(=O)c2ccccc2C1c1c(-c2ccc(F)cc2)[nH]c2ccccc12. The zero-order chi connectivity index (χ0) is 20.0. The molecule has 1 amide bonds. The van der Waals surface area contributed by atoms with Gasteiger partial charge in [0.15, 0.2) is 0 Å². The number of fused-ring (bicyclic) bond motifs is 2. The topological polar surface area (TPSA) is 36.1 Å². The molecule has 0 saturated heterocycles. The molecule has 0 saturated carbocycles. The number of H-pyrrole nitrogens is 1. The van der Waals surface area contributed by atoms with E-state index < -0.39 is 0 Å². The first kappa shape index (κ1) is 17.7. The molecule has 144 valence electrons. The first-order chi connectivity index (χ1) is 14.2. The van der Waals surface area contributed by atoms with Crippen molar-refractivity contribution < 1.29 is 9.18 Å². The molecule has 0 bridgehead atoms. The molecule has 1 atom stereocenters. The lowest BCUT2D eigenvalue weighted by atomic mass is 9.93. The van der Waals surface area contributed by atoms with Crippen LogP contribution in [-0.2, 0) is 0 Å². The number of nitrogens with one attached hydrogen (secondary N) is 1. The van der Waals surface area contributed by atoms with Gasteiger partial charge in [-0.2, -0.15) is 0 Å². The maximum atomic E-state index is 13.6. The quantitative estimate of drug-likeness (QED) is 0.465. The van der Waals surface area contributed by atoms with Gasteiger partial charge in [-0.15, -0.1) is 0 Å². The Balaban J connectivity index is 1.80. The Morgan fingerprint density at radius 2 is 1.69 bits per heavy atom. The third-order valence-electron chi connectivity index (χ3n) is 5.68. The molecule has 1 unspecified atom stereocenters. The van der Waals surface area contributed by atoms with Crippen LogP contribution in [-0.4, -0.2) is 22.3 Å². The molecule has 1 aliphatic rings. The summed E-state index contributed by atoms with van der Waals surface area (Å²) in [6.45, 7) is 2.77. The number of carbonyl (C=O) groups excluding carboxylic acids is 1. The van der Waals surface area contributed by atoms with E-state index in [2.05, 4.69) is 18.0 Å². The van der Waals surface area contributed by atoms with E-state index in [1.807, 2.05) is 47.4 Å². The van der Waals surface area contributed by atoms with Crippen molar-refractivity contribution in [1.82, 2.24) is 9.88 Å². The van der Waals surface area contributed by atoms with E-state index >= 15 is 0 Å². The van der Waals surface area contributed by atoms with Crippen LogP contribution in [0.4, 0.5) is 4.39 Å². The van der Waals surface area contributed by atoms with Gasteiger partial charge >= 0.3 is 0 Å². The number of aromatic amines is 1. The Bertz CT molecular complexity index is 1210. The highest BCUT2D eigenvalue weighted by atomic mass is 19.1. The summed E-state index contributed by atoms with van der Waals surface area (Å²) in [5.41, 5.74) is 5.71. The van der Waals surface area contributed by atoms with Gasteiger partial charge in [-0.1, -0.05) is 43.3 Å². The first-order valence-corrected chi connectivity index (χ1v) is 9.95. The summed E-state index contributed by atoms with van der Waals surface area (Å²) in [4.78, 5) is 18.7. The normalized spacial score (nSPS) is 15.9. The zero-order valence-corrected chi connectivity index (χ0v) is 16.2. The summed E-state index contributed by atoms with van der Waals surface area (Å²) >= 11 is 0. The minimum absolute atomic E-state index is 0.0720. The van der Waals surface area contributed by atoms with Crippen LogP contribution in [0.2, 0.25) is 0 Å². The summed E-state index contributed by atoms with van der Waals surface area (Å²) in [6, 6.07) is 22.3. The summed E-state index contributed by atoms with van der Waals surface area (Å²) in [7, 11) is 0. The van der Waals surface area contributed by atoms with Crippen molar-refractivity contribution in [3.63, 3.8) is 0 Å². The van der Waals surface area contributed by atoms with Gasteiger partial charge in [0, 0.05) is 28.6 Å². The predicted octanol–water partition coefficient (Wildman–Crippen LogP) is 5.93. The van der Waals surface area contributed by atoms with E-state index in [1.165, 1.54) is 12.1 Å². The number of aromatic nitrogens is 1. The number of hydrogen-bond acceptors (Lipinski definition) is 1. The fraction of sp³-hybridized carbons (Fsp3) is 0.160. The molecular weight excluding hydrogens is 363 g/mol. The maximum absolute atomic E-state index is 13.6. The molecule has 1 aliphatic heterocycles. The Morgan fingerprint density at radius 3 is 2.48 bits per heavy atom. The largest absolute Gasteiger partial charge is 0.354 e. The standard InChI is InChI=1S/C25H21FN2O/c1-2-15-28-24(18-7-3-4-8-19(18)25(28)29)22-20-9-5-6-10-21(20)27-23(22)16-11-13-17(26)14-12-16/h3-14,24,27H,2,15H2,1H3. The van der Waals surface area contributed by atoms with Crippen molar-refractivity contribution in [1.29, 1.82) is 0 Å². The Hall–Kier alpha value is -3.40. The molecular formula is C25H21FN2O. The molecule has 29 heavy (non-hydrogen) atoms. The Labute approximate surface area is 168 Å². The number of nitrogens with zero attached hydrogens (tertiary/aromatic N) is 1. The molecule has 0 radical (unpaired) electrons. The molecule has 4 heteroatoms. The highest BCUT2D eigenvalue weighted by molar-refractivity contribution is 6.02. The van der Waals surface area contributed by atoms with Crippen LogP contribution in [0, 0.1) is 5.82 Å². The van der Waals surface area contributed by atoms with E-state index in [9.17, 15) is 9.18 Å². The average molecular weight is 384 g/mol. The van der Waals surface area contributed by atoms with Crippen LogP contribution >= 0.6 is 0 Å². The van der Waals surface area contributed by atoms with Gasteiger partial charge in [0.25, 0.3) is 5.91 Å². The zero-order valence-electron chi connectivity index (χ0n) is 16.2. The lowest BCUT2D eigenvalue weighted by Crippen LogP contribution is -2.29. The lowest BCUT2D eigenvalue weighted by molar-refractivity contribution is 0.0751. The fourth-order valence-corrected chi connectivity index (χ4v) is 4.44. The van der Waals surface area contributed by atoms with Crippen LogP contribution in [0.1, 0.15) is 40.9 Å². The number of benzene rings is 3. The molecule has 0 fully saturated rings. The monoisotopic (exact) mass is 384 g/mol. The smallest absolute Gasteiger partial charge is 0.255 e. The van der Waals surface area contributed by atoms with Gasteiger partial charge < -0.3 is 9.88 Å². The van der Waals surface area contributed by atoms with Crippen molar-refractivity contribution in [2.45, 2.75) is 19.4 Å². The Kier molecular flexibility index (Phi) is 4.20. The van der Waals surface area contributed by atoms with Crippen LogP contribution < -0.4 is 0 Å². The van der Waals surface area contributed by atoms with Crippen molar-refractivity contribution in [3.05, 3.63) is 95.3 Å². The lowest BCUT2D eigenvalue weighted by Gasteiger charge is -2.26. The highest BCUT2D eigenvalue weighted by Gasteiger charge is 2.39. The van der Waals surface area contributed by atoms with Gasteiger partial charge in [0.1, 0.15) is 5.82 Å². The molecule has 2 heterocycles. The van der Waals surface area contributed by atoms with E-state index in [0.717, 1.165) is 45.3 Å².